The van der Waals surface area contributed by atoms with Gasteiger partial charge in [0.1, 0.15) is 6.61 Å². The summed E-state index contributed by atoms with van der Waals surface area (Å²) < 4.78 is 13.1. The molecule has 1 heterocycles. The Morgan fingerprint density at radius 1 is 1.10 bits per heavy atom. The maximum atomic E-state index is 12.4. The molecule has 0 unspecified atom stereocenters. The summed E-state index contributed by atoms with van der Waals surface area (Å²) >= 11 is 1.35. The van der Waals surface area contributed by atoms with Crippen molar-refractivity contribution in [2.24, 2.45) is 0 Å². The maximum absolute atomic E-state index is 12.4. The van der Waals surface area contributed by atoms with Crippen molar-refractivity contribution in [3.05, 3.63) is 59.9 Å². The Bertz CT molecular complexity index is 1000. The largest absolute Gasteiger partial charge is 0.493 e. The van der Waals surface area contributed by atoms with E-state index in [4.69, 9.17) is 9.47 Å². The van der Waals surface area contributed by atoms with E-state index in [1.165, 1.54) is 17.3 Å². The van der Waals surface area contributed by atoms with Gasteiger partial charge in [-0.3, -0.25) is 4.79 Å². The maximum Gasteiger partial charge on any atom is 0.234 e. The van der Waals surface area contributed by atoms with Crippen molar-refractivity contribution in [3.8, 4) is 11.5 Å². The normalized spacial score (nSPS) is 10.9. The Labute approximate surface area is 187 Å². The highest BCUT2D eigenvalue weighted by Gasteiger charge is 2.15. The molecule has 3 rings (SSSR count). The molecule has 1 N–H and O–H groups in total. The zero-order valence-electron chi connectivity index (χ0n) is 18.3. The SMILES string of the molecule is CCn1c(COc2ccccc2OC)nnc1SCC(=O)Nc1ccc(C(C)C)cc1. The standard InChI is InChI=1S/C23H28N4O3S/c1-5-27-21(14-30-20-9-7-6-8-19(20)29-4)25-26-23(27)31-15-22(28)24-18-12-10-17(11-13-18)16(2)3/h6-13,16H,5,14-15H2,1-4H3,(H,24,28). The molecule has 1 amide bonds. The molecule has 0 aliphatic rings. The molecule has 8 heteroatoms. The molecule has 31 heavy (non-hydrogen) atoms. The summed E-state index contributed by atoms with van der Waals surface area (Å²) in [5.41, 5.74) is 2.03. The van der Waals surface area contributed by atoms with Crippen LogP contribution in [-0.4, -0.2) is 33.5 Å². The number of hydrogen-bond donors (Lipinski definition) is 1. The van der Waals surface area contributed by atoms with Crippen LogP contribution in [-0.2, 0) is 17.9 Å². The van der Waals surface area contributed by atoms with Crippen molar-refractivity contribution < 1.29 is 14.3 Å². The van der Waals surface area contributed by atoms with Gasteiger partial charge < -0.3 is 19.4 Å². The van der Waals surface area contributed by atoms with Crippen LogP contribution < -0.4 is 14.8 Å². The predicted molar refractivity (Wildman–Crippen MR) is 123 cm³/mol. The van der Waals surface area contributed by atoms with Crippen LogP contribution in [0, 0.1) is 0 Å². The van der Waals surface area contributed by atoms with Crippen molar-refractivity contribution in [1.82, 2.24) is 14.8 Å². The molecule has 164 valence electrons. The third kappa shape index (κ3) is 6.01. The lowest BCUT2D eigenvalue weighted by atomic mass is 10.0. The minimum atomic E-state index is -0.0835. The lowest BCUT2D eigenvalue weighted by Crippen LogP contribution is -2.15. The molecule has 0 atom stereocenters. The number of aromatic nitrogens is 3. The van der Waals surface area contributed by atoms with Crippen molar-refractivity contribution in [2.45, 2.75) is 45.0 Å². The summed E-state index contributed by atoms with van der Waals surface area (Å²) in [6.45, 7) is 7.23. The van der Waals surface area contributed by atoms with E-state index in [0.29, 0.717) is 34.9 Å². The van der Waals surface area contributed by atoms with E-state index in [1.54, 1.807) is 7.11 Å². The summed E-state index contributed by atoms with van der Waals surface area (Å²) in [4.78, 5) is 12.4. The Balaban J connectivity index is 1.57. The molecule has 0 saturated carbocycles. The summed E-state index contributed by atoms with van der Waals surface area (Å²) in [6, 6.07) is 15.4. The van der Waals surface area contributed by atoms with Gasteiger partial charge in [0.2, 0.25) is 5.91 Å². The Morgan fingerprint density at radius 2 is 1.81 bits per heavy atom. The van der Waals surface area contributed by atoms with Crippen LogP contribution >= 0.6 is 11.8 Å². The van der Waals surface area contributed by atoms with Gasteiger partial charge in [0.05, 0.1) is 12.9 Å². The molecule has 0 aliphatic carbocycles. The molecule has 0 aliphatic heterocycles. The zero-order valence-corrected chi connectivity index (χ0v) is 19.1. The van der Waals surface area contributed by atoms with Crippen LogP contribution in [0.3, 0.4) is 0 Å². The van der Waals surface area contributed by atoms with Crippen LogP contribution in [0.5, 0.6) is 11.5 Å². The molecule has 7 nitrogen and oxygen atoms in total. The number of rotatable bonds is 10. The van der Waals surface area contributed by atoms with E-state index < -0.39 is 0 Å². The van der Waals surface area contributed by atoms with Crippen LogP contribution in [0.25, 0.3) is 0 Å². The number of anilines is 1. The van der Waals surface area contributed by atoms with Crippen LogP contribution in [0.4, 0.5) is 5.69 Å². The van der Waals surface area contributed by atoms with Crippen molar-refractivity contribution in [1.29, 1.82) is 0 Å². The molecular formula is C23H28N4O3S. The zero-order chi connectivity index (χ0) is 22.2. The highest BCUT2D eigenvalue weighted by atomic mass is 32.2. The van der Waals surface area contributed by atoms with E-state index in [2.05, 4.69) is 29.4 Å². The van der Waals surface area contributed by atoms with Crippen LogP contribution in [0.2, 0.25) is 0 Å². The highest BCUT2D eigenvalue weighted by Crippen LogP contribution is 2.27. The topological polar surface area (TPSA) is 78.3 Å². The third-order valence-electron chi connectivity index (χ3n) is 4.73. The monoisotopic (exact) mass is 440 g/mol. The summed E-state index contributed by atoms with van der Waals surface area (Å²) in [7, 11) is 1.61. The Hall–Kier alpha value is -3.00. The lowest BCUT2D eigenvalue weighted by Gasteiger charge is -2.11. The summed E-state index contributed by atoms with van der Waals surface area (Å²) in [5.74, 6) is 2.63. The number of ether oxygens (including phenoxy) is 2. The van der Waals surface area contributed by atoms with Gasteiger partial charge in [0.15, 0.2) is 22.5 Å². The smallest absolute Gasteiger partial charge is 0.234 e. The first kappa shape index (κ1) is 22.7. The van der Waals surface area contributed by atoms with Gasteiger partial charge in [-0.15, -0.1) is 10.2 Å². The summed E-state index contributed by atoms with van der Waals surface area (Å²) in [6.07, 6.45) is 0. The molecule has 3 aromatic rings. The average Bonchev–Trinajstić information content (AvgIpc) is 3.18. The summed E-state index contributed by atoms with van der Waals surface area (Å²) in [5, 5.41) is 12.1. The number of carbonyl (C=O) groups excluding carboxylic acids is 1. The number of para-hydroxylation sites is 2. The van der Waals surface area contributed by atoms with Crippen LogP contribution in [0.1, 0.15) is 38.1 Å². The average molecular weight is 441 g/mol. The number of hydrogen-bond acceptors (Lipinski definition) is 6. The number of benzene rings is 2. The molecule has 0 bridgehead atoms. The first-order chi connectivity index (χ1) is 15.0. The number of nitrogens with zero attached hydrogens (tertiary/aromatic N) is 3. The van der Waals surface area contributed by atoms with Gasteiger partial charge in [-0.05, 0) is 42.7 Å². The minimum Gasteiger partial charge on any atom is -0.493 e. The number of amides is 1. The van der Waals surface area contributed by atoms with E-state index in [9.17, 15) is 4.79 Å². The second-order valence-electron chi connectivity index (χ2n) is 7.20. The number of nitrogens with one attached hydrogen (secondary N) is 1. The molecule has 0 spiro atoms. The lowest BCUT2D eigenvalue weighted by molar-refractivity contribution is -0.113. The first-order valence-electron chi connectivity index (χ1n) is 10.2. The highest BCUT2D eigenvalue weighted by molar-refractivity contribution is 7.99. The molecule has 0 fully saturated rings. The predicted octanol–water partition coefficient (Wildman–Crippen LogP) is 4.74. The van der Waals surface area contributed by atoms with E-state index in [-0.39, 0.29) is 18.3 Å². The second-order valence-corrected chi connectivity index (χ2v) is 8.14. The van der Waals surface area contributed by atoms with Gasteiger partial charge >= 0.3 is 0 Å². The van der Waals surface area contributed by atoms with E-state index >= 15 is 0 Å². The van der Waals surface area contributed by atoms with Crippen molar-refractivity contribution >= 4 is 23.4 Å². The van der Waals surface area contributed by atoms with Gasteiger partial charge in [-0.1, -0.05) is 49.9 Å². The molecular weight excluding hydrogens is 412 g/mol. The number of methoxy groups -OCH3 is 1. The number of carbonyl (C=O) groups is 1. The fraction of sp³-hybridized carbons (Fsp3) is 0.348. The van der Waals surface area contributed by atoms with Gasteiger partial charge in [0.25, 0.3) is 0 Å². The van der Waals surface area contributed by atoms with Gasteiger partial charge in [0, 0.05) is 12.2 Å². The quantitative estimate of drug-likeness (QED) is 0.459. The van der Waals surface area contributed by atoms with Crippen LogP contribution in [0.15, 0.2) is 53.7 Å². The number of thioether (sulfide) groups is 1. The minimum absolute atomic E-state index is 0.0835. The van der Waals surface area contributed by atoms with E-state index in [0.717, 1.165) is 5.69 Å². The third-order valence-corrected chi connectivity index (χ3v) is 5.70. The van der Waals surface area contributed by atoms with Crippen molar-refractivity contribution in [2.75, 3.05) is 18.2 Å². The first-order valence-corrected chi connectivity index (χ1v) is 11.2. The van der Waals surface area contributed by atoms with Gasteiger partial charge in [-0.2, -0.15) is 0 Å². The van der Waals surface area contributed by atoms with Gasteiger partial charge in [-0.25, -0.2) is 0 Å². The fourth-order valence-corrected chi connectivity index (χ4v) is 3.83. The molecule has 1 aromatic heterocycles. The second kappa shape index (κ2) is 10.9. The molecule has 0 radical (unpaired) electrons. The Morgan fingerprint density at radius 3 is 2.45 bits per heavy atom. The fourth-order valence-electron chi connectivity index (χ4n) is 3.01. The molecule has 0 saturated heterocycles. The van der Waals surface area contributed by atoms with Crippen molar-refractivity contribution in [3.63, 3.8) is 0 Å². The van der Waals surface area contributed by atoms with E-state index in [1.807, 2.05) is 60.0 Å². The Kier molecular flexibility index (Phi) is 7.94. The molecule has 2 aromatic carbocycles.